The molecule has 1 saturated heterocycles. The number of benzene rings is 3. The van der Waals surface area contributed by atoms with E-state index < -0.39 is 11.6 Å². The van der Waals surface area contributed by atoms with E-state index in [-0.39, 0.29) is 29.7 Å². The summed E-state index contributed by atoms with van der Waals surface area (Å²) in [6, 6.07) is 14.9. The molecule has 28 heavy (non-hydrogen) atoms. The van der Waals surface area contributed by atoms with Crippen LogP contribution < -0.4 is 4.74 Å². The molecule has 144 valence electrons. The maximum absolute atomic E-state index is 14.4. The summed E-state index contributed by atoms with van der Waals surface area (Å²) in [6.07, 6.45) is 0.302. The zero-order valence-electron chi connectivity index (χ0n) is 15.3. The van der Waals surface area contributed by atoms with Crippen LogP contribution >= 0.6 is 0 Å². The minimum Gasteiger partial charge on any atom is -0.489 e. The van der Waals surface area contributed by atoms with Gasteiger partial charge in [0.15, 0.2) is 11.6 Å². The normalized spacial score (nSPS) is 15.5. The highest BCUT2D eigenvalue weighted by Gasteiger charge is 2.30. The molecule has 4 rings (SSSR count). The zero-order chi connectivity index (χ0) is 19.7. The minimum absolute atomic E-state index is 0.186. The maximum Gasteiger partial charge on any atom is 0.167 e. The Bertz CT molecular complexity index is 995. The number of ether oxygens (including phenoxy) is 2. The van der Waals surface area contributed by atoms with Gasteiger partial charge in [0.2, 0.25) is 0 Å². The molecule has 0 amide bonds. The van der Waals surface area contributed by atoms with Crippen molar-refractivity contribution in [2.45, 2.75) is 26.1 Å². The highest BCUT2D eigenvalue weighted by atomic mass is 19.2. The molecule has 0 bridgehead atoms. The van der Waals surface area contributed by atoms with Gasteiger partial charge in [-0.05, 0) is 41.3 Å². The van der Waals surface area contributed by atoms with Crippen LogP contribution in [0.2, 0.25) is 0 Å². The Morgan fingerprint density at radius 2 is 1.71 bits per heavy atom. The molecule has 1 atom stereocenters. The first-order chi connectivity index (χ1) is 13.6. The van der Waals surface area contributed by atoms with E-state index in [4.69, 9.17) is 9.47 Å². The van der Waals surface area contributed by atoms with E-state index in [0.717, 1.165) is 5.56 Å². The summed E-state index contributed by atoms with van der Waals surface area (Å²) >= 11 is 0. The zero-order valence-corrected chi connectivity index (χ0v) is 15.3. The summed E-state index contributed by atoms with van der Waals surface area (Å²) in [7, 11) is 0. The van der Waals surface area contributed by atoms with Gasteiger partial charge in [0.05, 0.1) is 6.61 Å². The van der Waals surface area contributed by atoms with Crippen LogP contribution in [0.5, 0.6) is 5.75 Å². The maximum atomic E-state index is 14.4. The summed E-state index contributed by atoms with van der Waals surface area (Å²) in [6.45, 7) is 2.55. The van der Waals surface area contributed by atoms with Crippen molar-refractivity contribution in [1.29, 1.82) is 0 Å². The summed E-state index contributed by atoms with van der Waals surface area (Å²) in [5.41, 5.74) is 2.38. The van der Waals surface area contributed by atoms with Gasteiger partial charge in [-0.3, -0.25) is 0 Å². The molecule has 1 aliphatic rings. The molecule has 3 aromatic rings. The van der Waals surface area contributed by atoms with Gasteiger partial charge < -0.3 is 9.47 Å². The molecule has 0 N–H and O–H groups in total. The van der Waals surface area contributed by atoms with E-state index >= 15 is 0 Å². The number of aryl methyl sites for hydroxylation is 1. The minimum atomic E-state index is -0.881. The fourth-order valence-electron chi connectivity index (χ4n) is 3.13. The lowest BCUT2D eigenvalue weighted by Gasteiger charge is -2.10. The molecular weight excluding hydrogens is 365 g/mol. The molecule has 0 radical (unpaired) electrons. The molecule has 1 heterocycles. The van der Waals surface area contributed by atoms with Crippen LogP contribution in [0.4, 0.5) is 13.2 Å². The first kappa shape index (κ1) is 18.6. The largest absolute Gasteiger partial charge is 0.489 e. The Labute approximate surface area is 161 Å². The van der Waals surface area contributed by atoms with Gasteiger partial charge in [0, 0.05) is 11.1 Å². The van der Waals surface area contributed by atoms with Crippen LogP contribution in [0.3, 0.4) is 0 Å². The summed E-state index contributed by atoms with van der Waals surface area (Å²) in [4.78, 5) is 0. The van der Waals surface area contributed by atoms with Crippen molar-refractivity contribution in [3.05, 3.63) is 88.7 Å². The molecule has 5 heteroatoms. The average Bonchev–Trinajstić information content (AvgIpc) is 3.54. The van der Waals surface area contributed by atoms with E-state index in [1.807, 2.05) is 13.0 Å². The average molecular weight is 384 g/mol. The fourth-order valence-corrected chi connectivity index (χ4v) is 3.13. The number of hydrogen-bond acceptors (Lipinski definition) is 2. The molecule has 0 spiro atoms. The quantitative estimate of drug-likeness (QED) is 0.488. The lowest BCUT2D eigenvalue weighted by atomic mass is 10.0. The van der Waals surface area contributed by atoms with Crippen LogP contribution in [0.15, 0.2) is 54.6 Å². The van der Waals surface area contributed by atoms with Crippen molar-refractivity contribution in [2.24, 2.45) is 0 Å². The van der Waals surface area contributed by atoms with Crippen molar-refractivity contribution in [3.8, 4) is 16.9 Å². The molecule has 1 aliphatic heterocycles. The molecule has 3 aromatic carbocycles. The van der Waals surface area contributed by atoms with Crippen molar-refractivity contribution in [2.75, 3.05) is 6.61 Å². The van der Waals surface area contributed by atoms with E-state index in [1.54, 1.807) is 42.5 Å². The van der Waals surface area contributed by atoms with Gasteiger partial charge in [-0.25, -0.2) is 13.2 Å². The SMILES string of the molecule is CCc1ccc(COc2ccc(-c3ccc(C4CO4)c(F)c3F)cc2)cc1F. The number of hydrogen-bond donors (Lipinski definition) is 0. The van der Waals surface area contributed by atoms with Crippen molar-refractivity contribution < 1.29 is 22.6 Å². The second-order valence-electron chi connectivity index (χ2n) is 6.74. The third-order valence-electron chi connectivity index (χ3n) is 4.86. The highest BCUT2D eigenvalue weighted by molar-refractivity contribution is 5.65. The van der Waals surface area contributed by atoms with Crippen LogP contribution in [0.1, 0.15) is 29.7 Å². The molecule has 0 saturated carbocycles. The molecule has 1 unspecified atom stereocenters. The smallest absolute Gasteiger partial charge is 0.167 e. The summed E-state index contributed by atoms with van der Waals surface area (Å²) < 4.78 is 53.2. The molecule has 0 aliphatic carbocycles. The van der Waals surface area contributed by atoms with Crippen molar-refractivity contribution in [3.63, 3.8) is 0 Å². The predicted octanol–water partition coefficient (Wildman–Crippen LogP) is 5.98. The molecule has 1 fully saturated rings. The Balaban J connectivity index is 1.47. The Morgan fingerprint density at radius 1 is 0.964 bits per heavy atom. The van der Waals surface area contributed by atoms with Gasteiger partial charge in [0.25, 0.3) is 0 Å². The molecular formula is C23H19F3O2. The van der Waals surface area contributed by atoms with Crippen LogP contribution in [0, 0.1) is 17.5 Å². The highest BCUT2D eigenvalue weighted by Crippen LogP contribution is 2.36. The van der Waals surface area contributed by atoms with Gasteiger partial charge >= 0.3 is 0 Å². The van der Waals surface area contributed by atoms with Gasteiger partial charge in [-0.15, -0.1) is 0 Å². The van der Waals surface area contributed by atoms with E-state index in [0.29, 0.717) is 29.9 Å². The first-order valence-corrected chi connectivity index (χ1v) is 9.17. The predicted molar refractivity (Wildman–Crippen MR) is 101 cm³/mol. The lowest BCUT2D eigenvalue weighted by Crippen LogP contribution is -1.98. The third kappa shape index (κ3) is 3.76. The van der Waals surface area contributed by atoms with Crippen molar-refractivity contribution >= 4 is 0 Å². The number of rotatable bonds is 6. The molecule has 2 nitrogen and oxygen atoms in total. The van der Waals surface area contributed by atoms with Crippen LogP contribution in [-0.2, 0) is 17.8 Å². The topological polar surface area (TPSA) is 21.8 Å². The standard InChI is InChI=1S/C23H19F3O2/c1-2-15-4-3-14(11-20(15)24)12-27-17-7-5-16(6-8-17)18-9-10-19(21-13-28-21)23(26)22(18)25/h3-11,21H,2,12-13H2,1H3. The van der Waals surface area contributed by atoms with Crippen LogP contribution in [-0.4, -0.2) is 6.61 Å². The Hall–Kier alpha value is -2.79. The number of epoxide rings is 1. The monoisotopic (exact) mass is 384 g/mol. The first-order valence-electron chi connectivity index (χ1n) is 9.17. The Kier molecular flexibility index (Phi) is 5.09. The van der Waals surface area contributed by atoms with Gasteiger partial charge in [0.1, 0.15) is 24.3 Å². The van der Waals surface area contributed by atoms with E-state index in [9.17, 15) is 13.2 Å². The third-order valence-corrected chi connectivity index (χ3v) is 4.86. The lowest BCUT2D eigenvalue weighted by molar-refractivity contribution is 0.305. The second kappa shape index (κ2) is 7.68. The van der Waals surface area contributed by atoms with Crippen molar-refractivity contribution in [1.82, 2.24) is 0 Å². The summed E-state index contributed by atoms with van der Waals surface area (Å²) in [5, 5.41) is 0. The van der Waals surface area contributed by atoms with Gasteiger partial charge in [-0.2, -0.15) is 0 Å². The van der Waals surface area contributed by atoms with Crippen LogP contribution in [0.25, 0.3) is 11.1 Å². The number of halogens is 3. The summed E-state index contributed by atoms with van der Waals surface area (Å²) in [5.74, 6) is -1.42. The fraction of sp³-hybridized carbons (Fsp3) is 0.217. The van der Waals surface area contributed by atoms with E-state index in [1.165, 1.54) is 6.07 Å². The van der Waals surface area contributed by atoms with Gasteiger partial charge in [-0.1, -0.05) is 43.3 Å². The second-order valence-corrected chi connectivity index (χ2v) is 6.74. The Morgan fingerprint density at radius 3 is 2.36 bits per heavy atom. The van der Waals surface area contributed by atoms with E-state index in [2.05, 4.69) is 0 Å². The molecule has 0 aromatic heterocycles.